The largest absolute Gasteiger partial charge is 0.623 e. The van der Waals surface area contributed by atoms with Gasteiger partial charge in [0, 0.05) is 31.2 Å². The summed E-state index contributed by atoms with van der Waals surface area (Å²) >= 11 is 4.17. The number of thiol groups is 1. The molecule has 1 rings (SSSR count). The molecule has 76 valence electrons. The summed E-state index contributed by atoms with van der Waals surface area (Å²) < 4.78 is 0.959. The zero-order valence-corrected chi connectivity index (χ0v) is 9.58. The summed E-state index contributed by atoms with van der Waals surface area (Å²) in [6.45, 7) is 5.64. The highest BCUT2D eigenvalue weighted by Gasteiger charge is 2.17. The first-order valence-corrected chi connectivity index (χ1v) is 4.95. The molecule has 1 aromatic rings. The summed E-state index contributed by atoms with van der Waals surface area (Å²) in [4.78, 5) is 0.898. The Balaban J connectivity index is 2.93. The fourth-order valence-corrected chi connectivity index (χ4v) is 1.04. The molecule has 0 saturated carbocycles. The van der Waals surface area contributed by atoms with E-state index in [1.807, 2.05) is 45.0 Å². The van der Waals surface area contributed by atoms with E-state index < -0.39 is 0 Å². The topological polar surface area (TPSA) is 26.1 Å². The standard InChI is InChI=1S/C11H15NOS/c1-11(2,3)12(13)8-9-4-6-10(14)7-5-9/h4-8,14H,1-3H3. The molecule has 0 aliphatic rings. The summed E-state index contributed by atoms with van der Waals surface area (Å²) in [5.74, 6) is 0. The van der Waals surface area contributed by atoms with Crippen molar-refractivity contribution in [3.05, 3.63) is 35.0 Å². The van der Waals surface area contributed by atoms with Crippen molar-refractivity contribution in [3.8, 4) is 0 Å². The maximum absolute atomic E-state index is 11.6. The second-order valence-corrected chi connectivity index (χ2v) is 4.73. The Hall–Kier alpha value is -0.960. The quantitative estimate of drug-likeness (QED) is 0.248. The van der Waals surface area contributed by atoms with Crippen LogP contribution in [0.2, 0.25) is 0 Å². The second-order valence-electron chi connectivity index (χ2n) is 4.22. The van der Waals surface area contributed by atoms with Crippen molar-refractivity contribution in [3.63, 3.8) is 0 Å². The van der Waals surface area contributed by atoms with Gasteiger partial charge in [-0.1, -0.05) is 0 Å². The lowest BCUT2D eigenvalue weighted by Gasteiger charge is -2.18. The molecule has 0 aliphatic heterocycles. The number of hydrogen-bond acceptors (Lipinski definition) is 2. The van der Waals surface area contributed by atoms with Crippen LogP contribution in [0.5, 0.6) is 0 Å². The SMILES string of the molecule is CC(C)(C)[N+]([O-])=Cc1ccc(S)cc1. The Morgan fingerprint density at radius 3 is 2.14 bits per heavy atom. The van der Waals surface area contributed by atoms with Crippen molar-refractivity contribution in [1.82, 2.24) is 0 Å². The maximum atomic E-state index is 11.6. The van der Waals surface area contributed by atoms with Gasteiger partial charge >= 0.3 is 0 Å². The summed E-state index contributed by atoms with van der Waals surface area (Å²) in [7, 11) is 0. The lowest BCUT2D eigenvalue weighted by atomic mass is 10.1. The summed E-state index contributed by atoms with van der Waals surface area (Å²) in [5, 5.41) is 11.6. The van der Waals surface area contributed by atoms with E-state index in [2.05, 4.69) is 12.6 Å². The summed E-state index contributed by atoms with van der Waals surface area (Å²) in [6, 6.07) is 7.48. The molecule has 0 unspecified atom stereocenters. The van der Waals surface area contributed by atoms with Crippen molar-refractivity contribution in [2.75, 3.05) is 0 Å². The van der Waals surface area contributed by atoms with Gasteiger partial charge in [0.05, 0.1) is 0 Å². The Morgan fingerprint density at radius 1 is 1.21 bits per heavy atom. The molecule has 0 aromatic heterocycles. The van der Waals surface area contributed by atoms with E-state index in [1.54, 1.807) is 6.21 Å². The van der Waals surface area contributed by atoms with Gasteiger partial charge in [-0.25, -0.2) is 4.74 Å². The molecule has 0 atom stereocenters. The normalized spacial score (nSPS) is 13.0. The third-order valence-electron chi connectivity index (χ3n) is 1.82. The van der Waals surface area contributed by atoms with Crippen molar-refractivity contribution in [2.24, 2.45) is 0 Å². The average molecular weight is 209 g/mol. The van der Waals surface area contributed by atoms with Gasteiger partial charge < -0.3 is 5.21 Å². The molecule has 0 spiro atoms. The zero-order chi connectivity index (χ0) is 10.8. The smallest absolute Gasteiger partial charge is 0.182 e. The van der Waals surface area contributed by atoms with Gasteiger partial charge in [0.1, 0.15) is 0 Å². The molecular weight excluding hydrogens is 194 g/mol. The van der Waals surface area contributed by atoms with Crippen LogP contribution in [0, 0.1) is 5.21 Å². The first kappa shape index (κ1) is 11.1. The van der Waals surface area contributed by atoms with E-state index in [9.17, 15) is 5.21 Å². The van der Waals surface area contributed by atoms with Crippen LogP contribution in [-0.4, -0.2) is 16.5 Å². The van der Waals surface area contributed by atoms with Crippen LogP contribution in [0.3, 0.4) is 0 Å². The first-order chi connectivity index (χ1) is 6.39. The monoisotopic (exact) mass is 209 g/mol. The van der Waals surface area contributed by atoms with E-state index in [4.69, 9.17) is 0 Å². The number of hydrogen-bond donors (Lipinski definition) is 1. The summed E-state index contributed by atoms with van der Waals surface area (Å²) in [6.07, 6.45) is 1.59. The van der Waals surface area contributed by atoms with Crippen LogP contribution in [0.15, 0.2) is 29.2 Å². The number of rotatable bonds is 1. The number of nitrogens with zero attached hydrogens (tertiary/aromatic N) is 1. The number of hydroxylamine groups is 1. The Kier molecular flexibility index (Phi) is 3.21. The maximum Gasteiger partial charge on any atom is 0.182 e. The van der Waals surface area contributed by atoms with Gasteiger partial charge in [-0.2, -0.15) is 0 Å². The van der Waals surface area contributed by atoms with Gasteiger partial charge in [-0.15, -0.1) is 12.6 Å². The minimum atomic E-state index is -0.389. The van der Waals surface area contributed by atoms with E-state index in [0.717, 1.165) is 15.2 Å². The Morgan fingerprint density at radius 2 is 1.71 bits per heavy atom. The minimum absolute atomic E-state index is 0.389. The third-order valence-corrected chi connectivity index (χ3v) is 2.12. The summed E-state index contributed by atoms with van der Waals surface area (Å²) in [5.41, 5.74) is 0.507. The molecule has 0 fully saturated rings. The minimum Gasteiger partial charge on any atom is -0.623 e. The van der Waals surface area contributed by atoms with Crippen LogP contribution in [0.4, 0.5) is 0 Å². The van der Waals surface area contributed by atoms with Crippen molar-refractivity contribution in [1.29, 1.82) is 0 Å². The van der Waals surface area contributed by atoms with Gasteiger partial charge in [-0.05, 0) is 24.3 Å². The fraction of sp³-hybridized carbons (Fsp3) is 0.364. The van der Waals surface area contributed by atoms with E-state index in [-0.39, 0.29) is 5.54 Å². The highest BCUT2D eigenvalue weighted by molar-refractivity contribution is 7.80. The van der Waals surface area contributed by atoms with Crippen LogP contribution in [0.25, 0.3) is 0 Å². The van der Waals surface area contributed by atoms with E-state index in [0.29, 0.717) is 0 Å². The van der Waals surface area contributed by atoms with Gasteiger partial charge in [0.25, 0.3) is 0 Å². The van der Waals surface area contributed by atoms with Crippen molar-refractivity contribution < 1.29 is 4.74 Å². The fourth-order valence-electron chi connectivity index (χ4n) is 0.889. The molecule has 3 heteroatoms. The van der Waals surface area contributed by atoms with E-state index >= 15 is 0 Å². The zero-order valence-electron chi connectivity index (χ0n) is 8.69. The van der Waals surface area contributed by atoms with Crippen LogP contribution < -0.4 is 0 Å². The molecular formula is C11H15NOS. The first-order valence-electron chi connectivity index (χ1n) is 4.50. The highest BCUT2D eigenvalue weighted by atomic mass is 32.1. The molecule has 0 saturated heterocycles. The molecule has 0 aliphatic carbocycles. The number of benzene rings is 1. The van der Waals surface area contributed by atoms with Crippen LogP contribution in [-0.2, 0) is 0 Å². The molecule has 14 heavy (non-hydrogen) atoms. The molecule has 0 radical (unpaired) electrons. The van der Waals surface area contributed by atoms with Gasteiger partial charge in [0.2, 0.25) is 0 Å². The molecule has 1 aromatic carbocycles. The second kappa shape index (κ2) is 4.05. The highest BCUT2D eigenvalue weighted by Crippen LogP contribution is 2.08. The Bertz CT molecular complexity index is 335. The molecule has 0 heterocycles. The lowest BCUT2D eigenvalue weighted by Crippen LogP contribution is -2.29. The third kappa shape index (κ3) is 3.07. The Labute approximate surface area is 90.3 Å². The molecule has 2 nitrogen and oxygen atoms in total. The van der Waals surface area contributed by atoms with Crippen molar-refractivity contribution >= 4 is 18.8 Å². The molecule has 0 amide bonds. The van der Waals surface area contributed by atoms with E-state index in [1.165, 1.54) is 0 Å². The van der Waals surface area contributed by atoms with Gasteiger partial charge in [0.15, 0.2) is 11.8 Å². The molecule has 0 N–H and O–H groups in total. The lowest BCUT2D eigenvalue weighted by molar-refractivity contribution is -0.530. The van der Waals surface area contributed by atoms with Crippen LogP contribution in [0.1, 0.15) is 26.3 Å². The molecule has 0 bridgehead atoms. The van der Waals surface area contributed by atoms with Crippen molar-refractivity contribution in [2.45, 2.75) is 31.2 Å². The van der Waals surface area contributed by atoms with Crippen LogP contribution >= 0.6 is 12.6 Å². The van der Waals surface area contributed by atoms with Gasteiger partial charge in [-0.3, -0.25) is 0 Å². The predicted molar refractivity (Wildman–Crippen MR) is 62.2 cm³/mol. The average Bonchev–Trinajstić information content (AvgIpc) is 2.07. The predicted octanol–water partition coefficient (Wildman–Crippen LogP) is 2.70.